The third-order valence-electron chi connectivity index (χ3n) is 2.79. The van der Waals surface area contributed by atoms with E-state index < -0.39 is 0 Å². The first-order valence-electron chi connectivity index (χ1n) is 6.31. The first kappa shape index (κ1) is 14.2. The second-order valence-corrected chi connectivity index (χ2v) is 6.64. The summed E-state index contributed by atoms with van der Waals surface area (Å²) in [6.07, 6.45) is 0. The van der Waals surface area contributed by atoms with Gasteiger partial charge in [-0.3, -0.25) is 0 Å². The number of hydrogen-bond acceptors (Lipinski definition) is 3. The number of thiazole rings is 1. The lowest BCUT2D eigenvalue weighted by Gasteiger charge is -2.19. The van der Waals surface area contributed by atoms with Crippen LogP contribution >= 0.6 is 11.3 Å². The van der Waals surface area contributed by atoms with Gasteiger partial charge in [-0.05, 0) is 39.3 Å². The molecule has 0 amide bonds. The molecule has 1 heterocycles. The van der Waals surface area contributed by atoms with E-state index >= 15 is 0 Å². The van der Waals surface area contributed by atoms with Crippen molar-refractivity contribution in [1.29, 1.82) is 0 Å². The standard InChI is InChI=1S/C15H19FN2S/c1-10-5-6-11(7-12(10)16)13-9-19-14(18-13)8-17-15(2,3)4/h5-7,9,17H,8H2,1-4H3. The number of hydrogen-bond donors (Lipinski definition) is 1. The van der Waals surface area contributed by atoms with Crippen molar-refractivity contribution in [3.63, 3.8) is 0 Å². The van der Waals surface area contributed by atoms with Gasteiger partial charge < -0.3 is 5.32 Å². The minimum atomic E-state index is -0.181. The van der Waals surface area contributed by atoms with Crippen LogP contribution in [0.25, 0.3) is 11.3 Å². The lowest BCUT2D eigenvalue weighted by atomic mass is 10.1. The second-order valence-electron chi connectivity index (χ2n) is 5.69. The van der Waals surface area contributed by atoms with Crippen LogP contribution in [-0.4, -0.2) is 10.5 Å². The summed E-state index contributed by atoms with van der Waals surface area (Å²) in [6, 6.07) is 5.25. The van der Waals surface area contributed by atoms with Crippen molar-refractivity contribution in [2.75, 3.05) is 0 Å². The van der Waals surface area contributed by atoms with Crippen LogP contribution in [0.1, 0.15) is 31.3 Å². The van der Waals surface area contributed by atoms with Crippen molar-refractivity contribution in [3.8, 4) is 11.3 Å². The molecule has 2 rings (SSSR count). The van der Waals surface area contributed by atoms with Gasteiger partial charge in [0.05, 0.1) is 5.69 Å². The molecule has 19 heavy (non-hydrogen) atoms. The third-order valence-corrected chi connectivity index (χ3v) is 3.64. The fraction of sp³-hybridized carbons (Fsp3) is 0.400. The fourth-order valence-corrected chi connectivity index (χ4v) is 2.36. The molecule has 4 heteroatoms. The smallest absolute Gasteiger partial charge is 0.126 e. The van der Waals surface area contributed by atoms with Gasteiger partial charge in [-0.25, -0.2) is 9.37 Å². The molecule has 0 aliphatic carbocycles. The molecular formula is C15H19FN2S. The normalized spacial score (nSPS) is 11.8. The third kappa shape index (κ3) is 3.85. The Kier molecular flexibility index (Phi) is 4.02. The predicted molar refractivity (Wildman–Crippen MR) is 78.8 cm³/mol. The van der Waals surface area contributed by atoms with Gasteiger partial charge in [0, 0.05) is 23.0 Å². The van der Waals surface area contributed by atoms with E-state index in [-0.39, 0.29) is 11.4 Å². The molecule has 0 aliphatic rings. The molecule has 1 aromatic carbocycles. The summed E-state index contributed by atoms with van der Waals surface area (Å²) in [4.78, 5) is 4.54. The first-order chi connectivity index (χ1) is 8.85. The largest absolute Gasteiger partial charge is 0.306 e. The van der Waals surface area contributed by atoms with E-state index in [1.54, 1.807) is 30.4 Å². The lowest BCUT2D eigenvalue weighted by molar-refractivity contribution is 0.424. The molecule has 0 saturated heterocycles. The van der Waals surface area contributed by atoms with E-state index in [4.69, 9.17) is 0 Å². The van der Waals surface area contributed by atoms with Crippen molar-refractivity contribution < 1.29 is 4.39 Å². The van der Waals surface area contributed by atoms with Crippen molar-refractivity contribution in [3.05, 3.63) is 40.0 Å². The Balaban J connectivity index is 2.14. The van der Waals surface area contributed by atoms with E-state index in [1.165, 1.54) is 0 Å². The molecule has 1 N–H and O–H groups in total. The van der Waals surface area contributed by atoms with Crippen molar-refractivity contribution in [2.45, 2.75) is 39.8 Å². The van der Waals surface area contributed by atoms with E-state index in [0.29, 0.717) is 5.56 Å². The maximum atomic E-state index is 13.5. The van der Waals surface area contributed by atoms with E-state index in [1.807, 2.05) is 11.4 Å². The van der Waals surface area contributed by atoms with E-state index in [0.717, 1.165) is 22.8 Å². The molecule has 0 spiro atoms. The zero-order valence-electron chi connectivity index (χ0n) is 11.7. The Morgan fingerprint density at radius 2 is 2.05 bits per heavy atom. The predicted octanol–water partition coefficient (Wildman–Crippen LogP) is 4.15. The Morgan fingerprint density at radius 1 is 1.32 bits per heavy atom. The highest BCUT2D eigenvalue weighted by Gasteiger charge is 2.11. The zero-order chi connectivity index (χ0) is 14.0. The van der Waals surface area contributed by atoms with Gasteiger partial charge in [-0.1, -0.05) is 12.1 Å². The summed E-state index contributed by atoms with van der Waals surface area (Å²) in [5.74, 6) is -0.181. The topological polar surface area (TPSA) is 24.9 Å². The quantitative estimate of drug-likeness (QED) is 0.912. The molecule has 0 atom stereocenters. The van der Waals surface area contributed by atoms with Crippen molar-refractivity contribution in [2.24, 2.45) is 0 Å². The van der Waals surface area contributed by atoms with Crippen LogP contribution in [0.4, 0.5) is 4.39 Å². The summed E-state index contributed by atoms with van der Waals surface area (Å²) in [5.41, 5.74) is 2.41. The number of benzene rings is 1. The number of aromatic nitrogens is 1. The monoisotopic (exact) mass is 278 g/mol. The molecule has 2 nitrogen and oxygen atoms in total. The van der Waals surface area contributed by atoms with Gasteiger partial charge in [0.1, 0.15) is 10.8 Å². The molecule has 0 saturated carbocycles. The highest BCUT2D eigenvalue weighted by atomic mass is 32.1. The maximum absolute atomic E-state index is 13.5. The number of halogens is 1. The van der Waals surface area contributed by atoms with Crippen LogP contribution in [0.5, 0.6) is 0 Å². The minimum absolute atomic E-state index is 0.0712. The first-order valence-corrected chi connectivity index (χ1v) is 7.19. The minimum Gasteiger partial charge on any atom is -0.306 e. The van der Waals surface area contributed by atoms with Gasteiger partial charge in [-0.2, -0.15) is 0 Å². The second kappa shape index (κ2) is 5.39. The van der Waals surface area contributed by atoms with Crippen LogP contribution in [0, 0.1) is 12.7 Å². The number of nitrogens with zero attached hydrogens (tertiary/aromatic N) is 1. The molecule has 0 unspecified atom stereocenters. The number of rotatable bonds is 3. The molecular weight excluding hydrogens is 259 g/mol. The fourth-order valence-electron chi connectivity index (χ4n) is 1.62. The summed E-state index contributed by atoms with van der Waals surface area (Å²) in [7, 11) is 0. The van der Waals surface area contributed by atoms with Crippen molar-refractivity contribution in [1.82, 2.24) is 10.3 Å². The average Bonchev–Trinajstić information content (AvgIpc) is 2.78. The van der Waals surface area contributed by atoms with Crippen LogP contribution in [0.2, 0.25) is 0 Å². The Labute approximate surface area is 117 Å². The maximum Gasteiger partial charge on any atom is 0.126 e. The van der Waals surface area contributed by atoms with Crippen LogP contribution in [0.15, 0.2) is 23.6 Å². The van der Waals surface area contributed by atoms with Crippen molar-refractivity contribution >= 4 is 11.3 Å². The van der Waals surface area contributed by atoms with Gasteiger partial charge >= 0.3 is 0 Å². The Hall–Kier alpha value is -1.26. The summed E-state index contributed by atoms with van der Waals surface area (Å²) in [6.45, 7) is 8.87. The average molecular weight is 278 g/mol. The summed E-state index contributed by atoms with van der Waals surface area (Å²) in [5, 5.41) is 6.39. The molecule has 0 fully saturated rings. The molecule has 102 valence electrons. The highest BCUT2D eigenvalue weighted by molar-refractivity contribution is 7.09. The lowest BCUT2D eigenvalue weighted by Crippen LogP contribution is -2.34. The van der Waals surface area contributed by atoms with Crippen LogP contribution in [0.3, 0.4) is 0 Å². The van der Waals surface area contributed by atoms with Gasteiger partial charge in [0.25, 0.3) is 0 Å². The molecule has 1 aromatic heterocycles. The van der Waals surface area contributed by atoms with Crippen LogP contribution in [-0.2, 0) is 6.54 Å². The molecule has 0 bridgehead atoms. The Morgan fingerprint density at radius 3 is 2.68 bits per heavy atom. The van der Waals surface area contributed by atoms with Gasteiger partial charge in [0.15, 0.2) is 0 Å². The zero-order valence-corrected chi connectivity index (χ0v) is 12.6. The van der Waals surface area contributed by atoms with Crippen LogP contribution < -0.4 is 5.32 Å². The summed E-state index contributed by atoms with van der Waals surface area (Å²) < 4.78 is 13.5. The summed E-state index contributed by atoms with van der Waals surface area (Å²) >= 11 is 1.60. The van der Waals surface area contributed by atoms with E-state index in [2.05, 4.69) is 31.1 Å². The molecule has 2 aromatic rings. The molecule has 0 radical (unpaired) electrons. The Bertz CT molecular complexity index is 570. The van der Waals surface area contributed by atoms with Gasteiger partial charge in [0.2, 0.25) is 0 Å². The number of nitrogens with one attached hydrogen (secondary N) is 1. The molecule has 0 aliphatic heterocycles. The van der Waals surface area contributed by atoms with Gasteiger partial charge in [-0.15, -0.1) is 11.3 Å². The SMILES string of the molecule is Cc1ccc(-c2csc(CNC(C)(C)C)n2)cc1F. The van der Waals surface area contributed by atoms with E-state index in [9.17, 15) is 4.39 Å². The number of aryl methyl sites for hydroxylation is 1. The highest BCUT2D eigenvalue weighted by Crippen LogP contribution is 2.24.